The Morgan fingerprint density at radius 3 is 1.82 bits per heavy atom. The second-order valence-electron chi connectivity index (χ2n) is 11.6. The highest BCUT2D eigenvalue weighted by Crippen LogP contribution is 2.57. The second-order valence-corrected chi connectivity index (χ2v) is 13.9. The molecule has 4 nitrogen and oxygen atoms in total. The second kappa shape index (κ2) is 10.8. The third kappa shape index (κ3) is 6.17. The molecule has 1 unspecified atom stereocenters. The van der Waals surface area contributed by atoms with Crippen molar-refractivity contribution in [3.8, 4) is 0 Å². The maximum atomic E-state index is 15.1. The maximum absolute atomic E-state index is 15.1. The van der Waals surface area contributed by atoms with Crippen molar-refractivity contribution in [3.63, 3.8) is 0 Å². The van der Waals surface area contributed by atoms with E-state index in [2.05, 4.69) is 15.9 Å². The molecule has 3 rings (SSSR count). The molecule has 0 heterocycles. The van der Waals surface area contributed by atoms with Crippen LogP contribution in [0.5, 0.6) is 0 Å². The summed E-state index contributed by atoms with van der Waals surface area (Å²) >= 11 is 3.26. The van der Waals surface area contributed by atoms with Gasteiger partial charge in [-0.1, -0.05) is 102 Å². The summed E-state index contributed by atoms with van der Waals surface area (Å²) in [5.74, 6) is -0.755. The van der Waals surface area contributed by atoms with E-state index in [-0.39, 0.29) is 16.7 Å². The number of hydrogen-bond donors (Lipinski definition) is 0. The minimum atomic E-state index is -6.33. The first-order chi connectivity index (χ1) is 17.4. The highest BCUT2D eigenvalue weighted by atomic mass is 79.9. The number of alkyl halides is 2. The highest BCUT2D eigenvalue weighted by molar-refractivity contribution is 9.10. The molecule has 0 aliphatic heterocycles. The third-order valence-electron chi connectivity index (χ3n) is 6.58. The lowest BCUT2D eigenvalue weighted by molar-refractivity contribution is -0.335. The summed E-state index contributed by atoms with van der Waals surface area (Å²) in [6, 6.07) is 19.3. The Bertz CT molecular complexity index is 1350. The number of benzene rings is 3. The molecular formula is C30H32BrF2O4P-2. The summed E-state index contributed by atoms with van der Waals surface area (Å²) in [7, 11) is -6.33. The summed E-state index contributed by atoms with van der Waals surface area (Å²) in [4.78, 5) is 37.2. The maximum Gasteiger partial charge on any atom is 0.297 e. The first-order valence-electron chi connectivity index (χ1n) is 12.3. The van der Waals surface area contributed by atoms with E-state index in [1.54, 1.807) is 24.3 Å². The Kier molecular flexibility index (Phi) is 8.60. The number of rotatable bonds is 7. The van der Waals surface area contributed by atoms with Gasteiger partial charge in [0.25, 0.3) is 5.66 Å². The normalized spacial score (nSPS) is 13.9. The van der Waals surface area contributed by atoms with Crippen molar-refractivity contribution in [2.75, 3.05) is 0 Å². The van der Waals surface area contributed by atoms with Gasteiger partial charge in [-0.2, -0.15) is 8.78 Å². The van der Waals surface area contributed by atoms with Gasteiger partial charge >= 0.3 is 0 Å². The molecule has 0 aliphatic rings. The van der Waals surface area contributed by atoms with E-state index >= 15 is 8.78 Å². The summed E-state index contributed by atoms with van der Waals surface area (Å²) in [5, 5.41) is 0. The van der Waals surface area contributed by atoms with Crippen molar-refractivity contribution in [2.45, 2.75) is 70.4 Å². The van der Waals surface area contributed by atoms with E-state index in [4.69, 9.17) is 0 Å². The molecule has 0 spiro atoms. The van der Waals surface area contributed by atoms with E-state index < -0.39 is 35.6 Å². The number of Topliss-reactive ketones (excluding diaryl/α,β-unsaturated/α-hetero) is 1. The monoisotopic (exact) mass is 604 g/mol. The minimum Gasteiger partial charge on any atom is -0.806 e. The molecule has 0 bridgehead atoms. The molecule has 0 amide bonds. The largest absolute Gasteiger partial charge is 0.806 e. The Morgan fingerprint density at radius 1 is 0.868 bits per heavy atom. The smallest absolute Gasteiger partial charge is 0.297 e. The van der Waals surface area contributed by atoms with Gasteiger partial charge in [0.05, 0.1) is 5.92 Å². The van der Waals surface area contributed by atoms with E-state index in [9.17, 15) is 19.1 Å². The van der Waals surface area contributed by atoms with Gasteiger partial charge in [0.2, 0.25) is 0 Å². The van der Waals surface area contributed by atoms with E-state index in [0.29, 0.717) is 22.3 Å². The SMILES string of the molecule is CC(C)(C)c1cc(C(F)(F)P(=O)([O-])[O-])c(Br)c(C(C)(C)C)c1CC(C(=O)c1ccccc1)c1ccccc1. The van der Waals surface area contributed by atoms with Gasteiger partial charge in [-0.15, -0.1) is 0 Å². The topological polar surface area (TPSA) is 80.3 Å². The predicted molar refractivity (Wildman–Crippen MR) is 147 cm³/mol. The van der Waals surface area contributed by atoms with E-state index in [1.165, 1.54) is 0 Å². The zero-order valence-electron chi connectivity index (χ0n) is 22.3. The summed E-state index contributed by atoms with van der Waals surface area (Å²) in [6.07, 6.45) is 0.188. The van der Waals surface area contributed by atoms with Gasteiger partial charge < -0.3 is 14.4 Å². The van der Waals surface area contributed by atoms with Crippen LogP contribution in [0.15, 0.2) is 71.2 Å². The van der Waals surface area contributed by atoms with E-state index in [1.807, 2.05) is 77.9 Å². The fourth-order valence-electron chi connectivity index (χ4n) is 4.78. The Labute approximate surface area is 231 Å². The molecule has 0 saturated carbocycles. The van der Waals surface area contributed by atoms with Crippen molar-refractivity contribution < 1.29 is 27.9 Å². The first kappa shape index (κ1) is 30.4. The average molecular weight is 605 g/mol. The van der Waals surface area contributed by atoms with Crippen LogP contribution in [0.2, 0.25) is 0 Å². The third-order valence-corrected chi connectivity index (χ3v) is 8.34. The van der Waals surface area contributed by atoms with Crippen LogP contribution in [-0.2, 0) is 27.5 Å². The predicted octanol–water partition coefficient (Wildman–Crippen LogP) is 7.22. The summed E-state index contributed by atoms with van der Waals surface area (Å²) in [6.45, 7) is 11.0. The van der Waals surface area contributed by atoms with Gasteiger partial charge in [0.15, 0.2) is 5.78 Å². The van der Waals surface area contributed by atoms with Crippen LogP contribution in [0.1, 0.15) is 85.6 Å². The quantitative estimate of drug-likeness (QED) is 0.211. The fourth-order valence-corrected chi connectivity index (χ4v) is 6.60. The lowest BCUT2D eigenvalue weighted by Gasteiger charge is -2.41. The van der Waals surface area contributed by atoms with Crippen molar-refractivity contribution >= 4 is 29.3 Å². The van der Waals surface area contributed by atoms with Crippen molar-refractivity contribution in [1.29, 1.82) is 0 Å². The fraction of sp³-hybridized carbons (Fsp3) is 0.367. The minimum absolute atomic E-state index is 0.120. The lowest BCUT2D eigenvalue weighted by Crippen LogP contribution is -2.32. The number of ketones is 1. The van der Waals surface area contributed by atoms with Crippen LogP contribution >= 0.6 is 23.5 Å². The average Bonchev–Trinajstić information content (AvgIpc) is 2.80. The first-order valence-corrected chi connectivity index (χ1v) is 14.6. The molecule has 0 radical (unpaired) electrons. The summed E-state index contributed by atoms with van der Waals surface area (Å²) < 4.78 is 41.7. The van der Waals surface area contributed by atoms with Crippen LogP contribution in [-0.4, -0.2) is 5.78 Å². The standard InChI is InChI=1S/C30H34BrF2O4P/c1-28(2,3)23-18-24(30(32,33)38(35,36)37)26(31)25(29(4,5)6)22(23)17-21(19-13-9-7-10-14-19)27(34)20-15-11-8-12-16-20/h7-16,18,21H,17H2,1-6H3,(H2,35,36,37)/p-2. The number of halogens is 3. The highest BCUT2D eigenvalue weighted by Gasteiger charge is 2.42. The van der Waals surface area contributed by atoms with Crippen molar-refractivity contribution in [1.82, 2.24) is 0 Å². The van der Waals surface area contributed by atoms with Crippen LogP contribution < -0.4 is 9.79 Å². The molecule has 0 saturated heterocycles. The number of carbonyl (C=O) groups is 1. The van der Waals surface area contributed by atoms with Gasteiger partial charge in [-0.25, -0.2) is 0 Å². The molecule has 1 atom stereocenters. The van der Waals surface area contributed by atoms with Gasteiger partial charge in [-0.3, -0.25) is 4.79 Å². The van der Waals surface area contributed by atoms with Crippen LogP contribution in [0.4, 0.5) is 8.78 Å². The zero-order chi connectivity index (χ0) is 28.7. The Balaban J connectivity index is 2.39. The Hall–Kier alpha value is -2.18. The molecule has 204 valence electrons. The Morgan fingerprint density at radius 2 is 1.37 bits per heavy atom. The zero-order valence-corrected chi connectivity index (χ0v) is 24.8. The van der Waals surface area contributed by atoms with Gasteiger partial charge in [0, 0.05) is 23.2 Å². The number of hydrogen-bond acceptors (Lipinski definition) is 4. The lowest BCUT2D eigenvalue weighted by atomic mass is 9.72. The summed E-state index contributed by atoms with van der Waals surface area (Å²) in [5.41, 5.74) is -4.10. The molecule has 38 heavy (non-hydrogen) atoms. The van der Waals surface area contributed by atoms with Crippen LogP contribution in [0.25, 0.3) is 0 Å². The van der Waals surface area contributed by atoms with Crippen molar-refractivity contribution in [2.24, 2.45) is 0 Å². The molecule has 8 heteroatoms. The van der Waals surface area contributed by atoms with Gasteiger partial charge in [-0.05, 0) is 61.5 Å². The van der Waals surface area contributed by atoms with Crippen molar-refractivity contribution in [3.05, 3.63) is 105 Å². The van der Waals surface area contributed by atoms with Crippen LogP contribution in [0, 0.1) is 0 Å². The van der Waals surface area contributed by atoms with E-state index in [0.717, 1.165) is 11.6 Å². The molecule has 0 fully saturated rings. The molecule has 0 aliphatic carbocycles. The molecular weight excluding hydrogens is 573 g/mol. The van der Waals surface area contributed by atoms with Crippen LogP contribution in [0.3, 0.4) is 0 Å². The molecule has 0 N–H and O–H groups in total. The number of carbonyl (C=O) groups excluding carboxylic acids is 1. The molecule has 3 aromatic rings. The molecule has 0 aromatic heterocycles. The molecule has 3 aromatic carbocycles. The van der Waals surface area contributed by atoms with Gasteiger partial charge in [0.1, 0.15) is 0 Å².